The average molecular weight is 627 g/mol. The maximum atomic E-state index is 2.37. The predicted octanol–water partition coefficient (Wildman–Crippen LogP) is 16.0. The molecule has 6 aromatic carbocycles. The highest BCUT2D eigenvalue weighted by Gasteiger charge is 2.23. The zero-order valence-electron chi connectivity index (χ0n) is 31.7. The molecule has 1 aliphatic rings. The molecule has 47 heavy (non-hydrogen) atoms. The topological polar surface area (TPSA) is 0 Å². The summed E-state index contributed by atoms with van der Waals surface area (Å²) in [4.78, 5) is 0. The van der Waals surface area contributed by atoms with Crippen molar-refractivity contribution in [1.29, 1.82) is 0 Å². The molecule has 6 aromatic rings. The van der Waals surface area contributed by atoms with Gasteiger partial charge in [-0.3, -0.25) is 0 Å². The molecule has 0 amide bonds. The van der Waals surface area contributed by atoms with Gasteiger partial charge in [0.1, 0.15) is 0 Å². The number of hydrogen-bond acceptors (Lipinski definition) is 0. The van der Waals surface area contributed by atoms with Crippen molar-refractivity contribution in [2.75, 3.05) is 0 Å². The van der Waals surface area contributed by atoms with E-state index in [0.717, 1.165) is 12.8 Å². The SMILES string of the molecule is C1=Cc2c(c(-c3cccc4ccccc34)c3ccccc3c2-c2cccc3ccccc23)CC1.CC.CC.CC.CC.CC.CCC. The van der Waals surface area contributed by atoms with Gasteiger partial charge < -0.3 is 0 Å². The van der Waals surface area contributed by atoms with Crippen LogP contribution < -0.4 is 0 Å². The van der Waals surface area contributed by atoms with Crippen molar-refractivity contribution in [2.45, 2.75) is 102 Å². The summed E-state index contributed by atoms with van der Waals surface area (Å²) >= 11 is 0. The molecule has 0 aliphatic heterocycles. The minimum Gasteiger partial charge on any atom is -0.0836 e. The van der Waals surface area contributed by atoms with Crippen LogP contribution in [-0.2, 0) is 6.42 Å². The Morgan fingerprint density at radius 3 is 1.26 bits per heavy atom. The second-order valence-corrected chi connectivity index (χ2v) is 9.89. The van der Waals surface area contributed by atoms with Gasteiger partial charge in [-0.15, -0.1) is 0 Å². The van der Waals surface area contributed by atoms with Gasteiger partial charge in [0, 0.05) is 0 Å². The number of rotatable bonds is 2. The summed E-state index contributed by atoms with van der Waals surface area (Å²) < 4.78 is 0. The molecule has 0 fully saturated rings. The largest absolute Gasteiger partial charge is 0.0836 e. The van der Waals surface area contributed by atoms with E-state index < -0.39 is 0 Å². The lowest BCUT2D eigenvalue weighted by molar-refractivity contribution is 0.992. The monoisotopic (exact) mass is 626 g/mol. The van der Waals surface area contributed by atoms with E-state index in [1.54, 1.807) is 0 Å². The summed E-state index contributed by atoms with van der Waals surface area (Å²) in [6, 6.07) is 40.0. The van der Waals surface area contributed by atoms with E-state index in [0.29, 0.717) is 0 Å². The van der Waals surface area contributed by atoms with Crippen molar-refractivity contribution in [3.05, 3.63) is 126 Å². The fraction of sp³-hybridized carbons (Fsp3) is 0.319. The van der Waals surface area contributed by atoms with E-state index in [1.165, 1.54) is 72.1 Å². The number of benzene rings is 6. The van der Waals surface area contributed by atoms with Gasteiger partial charge in [0.15, 0.2) is 0 Å². The van der Waals surface area contributed by atoms with Crippen molar-refractivity contribution in [3.8, 4) is 22.3 Å². The Bertz CT molecular complexity index is 1760. The maximum Gasteiger partial charge on any atom is -0.00235 e. The van der Waals surface area contributed by atoms with Crippen LogP contribution in [0.3, 0.4) is 0 Å². The normalized spacial score (nSPS) is 10.4. The van der Waals surface area contributed by atoms with Crippen LogP contribution in [0, 0.1) is 0 Å². The summed E-state index contributed by atoms with van der Waals surface area (Å²) in [6.07, 6.45) is 8.11. The molecule has 0 atom stereocenters. The van der Waals surface area contributed by atoms with E-state index in [2.05, 4.69) is 135 Å². The Kier molecular flexibility index (Phi) is 20.2. The molecule has 0 heterocycles. The van der Waals surface area contributed by atoms with Crippen LogP contribution in [0.4, 0.5) is 0 Å². The zero-order valence-corrected chi connectivity index (χ0v) is 31.7. The first-order valence-electron chi connectivity index (χ1n) is 18.5. The molecule has 0 nitrogen and oxygen atoms in total. The van der Waals surface area contributed by atoms with Crippen molar-refractivity contribution < 1.29 is 0 Å². The van der Waals surface area contributed by atoms with Crippen LogP contribution in [-0.4, -0.2) is 0 Å². The Balaban J connectivity index is 0.000000760. The van der Waals surface area contributed by atoms with E-state index >= 15 is 0 Å². The van der Waals surface area contributed by atoms with Gasteiger partial charge in [-0.1, -0.05) is 211 Å². The third-order valence-electron chi connectivity index (χ3n) is 7.33. The van der Waals surface area contributed by atoms with Gasteiger partial charge in [-0.25, -0.2) is 0 Å². The van der Waals surface area contributed by atoms with Crippen molar-refractivity contribution in [2.24, 2.45) is 0 Å². The molecule has 1 aliphatic carbocycles. The highest BCUT2D eigenvalue weighted by Crippen LogP contribution is 2.47. The second kappa shape index (κ2) is 23.2. The number of fused-ring (bicyclic) bond motifs is 4. The Hall–Kier alpha value is -4.16. The first-order valence-corrected chi connectivity index (χ1v) is 18.5. The molecule has 0 saturated heterocycles. The summed E-state index contributed by atoms with van der Waals surface area (Å²) in [5.74, 6) is 0. The van der Waals surface area contributed by atoms with E-state index in [9.17, 15) is 0 Å². The Morgan fingerprint density at radius 2 is 0.787 bits per heavy atom. The molecule has 0 N–H and O–H groups in total. The standard InChI is InChI=1S/C34H24.C3H8.5C2H6/c1-3-15-25-23(11-1)13-9-21-27(25)33-29-17-5-7-19-31(29)34(32-20-8-6-18-30(32)33)28-22-10-14-24-12-2-4-16-26(24)28;1-3-2;5*1-2/h1-7,9-19,21-22H,8,20H2;3H2,1-2H3;5*1-2H3. The molecule has 0 spiro atoms. The summed E-state index contributed by atoms with van der Waals surface area (Å²) in [6.45, 7) is 24.2. The van der Waals surface area contributed by atoms with Crippen LogP contribution in [0.2, 0.25) is 0 Å². The van der Waals surface area contributed by atoms with Crippen molar-refractivity contribution in [1.82, 2.24) is 0 Å². The maximum absolute atomic E-state index is 2.37. The highest BCUT2D eigenvalue weighted by molar-refractivity contribution is 6.16. The Labute approximate surface area is 288 Å². The molecule has 0 heteroatoms. The first kappa shape index (κ1) is 40.9. The van der Waals surface area contributed by atoms with E-state index in [4.69, 9.17) is 0 Å². The zero-order chi connectivity index (χ0) is 35.2. The van der Waals surface area contributed by atoms with Crippen LogP contribution in [0.1, 0.15) is 107 Å². The first-order chi connectivity index (χ1) is 23.3. The molecule has 0 aromatic heterocycles. The second-order valence-electron chi connectivity index (χ2n) is 9.89. The van der Waals surface area contributed by atoms with Crippen LogP contribution in [0.25, 0.3) is 60.6 Å². The lowest BCUT2D eigenvalue weighted by Gasteiger charge is -2.25. The van der Waals surface area contributed by atoms with E-state index in [-0.39, 0.29) is 0 Å². The van der Waals surface area contributed by atoms with Crippen LogP contribution in [0.15, 0.2) is 115 Å². The van der Waals surface area contributed by atoms with Gasteiger partial charge in [0.2, 0.25) is 0 Å². The molecule has 0 unspecified atom stereocenters. The lowest BCUT2D eigenvalue weighted by atomic mass is 9.79. The number of hydrogen-bond donors (Lipinski definition) is 0. The van der Waals surface area contributed by atoms with Gasteiger partial charge >= 0.3 is 0 Å². The quantitative estimate of drug-likeness (QED) is 0.179. The number of allylic oxidation sites excluding steroid dienone is 1. The predicted molar refractivity (Wildman–Crippen MR) is 220 cm³/mol. The van der Waals surface area contributed by atoms with Crippen LogP contribution in [0.5, 0.6) is 0 Å². The van der Waals surface area contributed by atoms with E-state index in [1.807, 2.05) is 69.2 Å². The molecule has 250 valence electrons. The fourth-order valence-corrected chi connectivity index (χ4v) is 5.87. The van der Waals surface area contributed by atoms with Crippen molar-refractivity contribution in [3.63, 3.8) is 0 Å². The summed E-state index contributed by atoms with van der Waals surface area (Å²) in [5.41, 5.74) is 8.27. The smallest absolute Gasteiger partial charge is 0.00235 e. The molecular formula is C47H62. The average Bonchev–Trinajstić information content (AvgIpc) is 3.18. The highest BCUT2D eigenvalue weighted by atomic mass is 14.3. The minimum absolute atomic E-state index is 1.06. The summed E-state index contributed by atoms with van der Waals surface area (Å²) in [7, 11) is 0. The lowest BCUT2D eigenvalue weighted by Crippen LogP contribution is -2.03. The molecular weight excluding hydrogens is 565 g/mol. The molecule has 0 radical (unpaired) electrons. The van der Waals surface area contributed by atoms with Crippen molar-refractivity contribution >= 4 is 38.4 Å². The third kappa shape index (κ3) is 9.45. The van der Waals surface area contributed by atoms with Crippen LogP contribution >= 0.6 is 0 Å². The fourth-order valence-electron chi connectivity index (χ4n) is 5.87. The van der Waals surface area contributed by atoms with Gasteiger partial charge in [-0.2, -0.15) is 0 Å². The van der Waals surface area contributed by atoms with Gasteiger partial charge in [0.25, 0.3) is 0 Å². The Morgan fingerprint density at radius 1 is 0.426 bits per heavy atom. The molecule has 0 saturated carbocycles. The molecule has 7 rings (SSSR count). The van der Waals surface area contributed by atoms with Gasteiger partial charge in [0.05, 0.1) is 0 Å². The summed E-state index contributed by atoms with van der Waals surface area (Å²) in [5, 5.41) is 7.89. The third-order valence-corrected chi connectivity index (χ3v) is 7.33. The minimum atomic E-state index is 1.06. The molecule has 0 bridgehead atoms. The van der Waals surface area contributed by atoms with Gasteiger partial charge in [-0.05, 0) is 78.5 Å².